The molecule has 1 aliphatic heterocycles. The number of benzene rings is 3. The highest BCUT2D eigenvalue weighted by Gasteiger charge is 2.33. The number of carbonyl (C=O) groups excluding carboxylic acids is 1. The van der Waals surface area contributed by atoms with E-state index in [1.54, 1.807) is 25.5 Å². The fraction of sp³-hybridized carbons (Fsp3) is 0.176. The number of nitrogens with zero attached hydrogens (tertiary/aromatic N) is 4. The van der Waals surface area contributed by atoms with E-state index in [4.69, 9.17) is 19.6 Å². The van der Waals surface area contributed by atoms with E-state index in [-0.39, 0.29) is 12.2 Å². The van der Waals surface area contributed by atoms with Crippen LogP contribution in [0.3, 0.4) is 0 Å². The zero-order valence-electron chi connectivity index (χ0n) is 24.3. The summed E-state index contributed by atoms with van der Waals surface area (Å²) >= 11 is 1.29. The van der Waals surface area contributed by atoms with Gasteiger partial charge in [-0.1, -0.05) is 71.5 Å². The van der Waals surface area contributed by atoms with Crippen molar-refractivity contribution in [1.82, 2.24) is 14.3 Å². The van der Waals surface area contributed by atoms with E-state index in [9.17, 15) is 9.59 Å². The molecule has 9 heteroatoms. The molecule has 0 spiro atoms. The summed E-state index contributed by atoms with van der Waals surface area (Å²) in [5.74, 6) is 0.179. The second-order valence-electron chi connectivity index (χ2n) is 10.2. The summed E-state index contributed by atoms with van der Waals surface area (Å²) in [6.45, 7) is 5.79. The maximum Gasteiger partial charge on any atom is 0.338 e. The Hall–Kier alpha value is -5.02. The normalized spacial score (nSPS) is 14.8. The average molecular weight is 591 g/mol. The maximum atomic E-state index is 14.2. The molecule has 8 nitrogen and oxygen atoms in total. The quantitative estimate of drug-likeness (QED) is 0.250. The average Bonchev–Trinajstić information content (AvgIpc) is 3.58. The number of para-hydroxylation sites is 1. The standard InChI is InChI=1S/C34H30N4O4S/c1-5-42-33(40)29-22(3)35-34-38(31(29)24-15-17-27(41-4)18-16-24)32(39)28(43-34)19-25-20-37(26-9-7-6-8-10-26)36-30(25)23-13-11-21(2)12-14-23/h6-20,31H,5H2,1-4H3/b28-19-/t31-/m1/s1. The van der Waals surface area contributed by atoms with Crippen LogP contribution in [-0.2, 0) is 9.53 Å². The molecule has 0 saturated carbocycles. The zero-order valence-corrected chi connectivity index (χ0v) is 25.1. The number of aromatic nitrogens is 3. The van der Waals surface area contributed by atoms with Gasteiger partial charge in [0.25, 0.3) is 5.56 Å². The van der Waals surface area contributed by atoms with Gasteiger partial charge in [-0.05, 0) is 56.7 Å². The molecule has 3 heterocycles. The Bertz CT molecular complexity index is 2020. The Morgan fingerprint density at radius 1 is 1.00 bits per heavy atom. The second-order valence-corrected chi connectivity index (χ2v) is 11.2. The lowest BCUT2D eigenvalue weighted by Crippen LogP contribution is -2.39. The van der Waals surface area contributed by atoms with Crippen molar-refractivity contribution in [3.05, 3.63) is 133 Å². The van der Waals surface area contributed by atoms with Crippen molar-refractivity contribution in [3.8, 4) is 22.7 Å². The van der Waals surface area contributed by atoms with E-state index in [0.717, 1.165) is 33.6 Å². The SMILES string of the molecule is CCOC(=O)C1=C(C)N=c2s/c(=C\c3cn(-c4ccccc4)nc3-c3ccc(C)cc3)c(=O)n2[C@@H]1c1ccc(OC)cc1. The Balaban J connectivity index is 1.55. The molecule has 0 radical (unpaired) electrons. The molecule has 2 aromatic heterocycles. The number of thiazole rings is 1. The van der Waals surface area contributed by atoms with E-state index in [0.29, 0.717) is 26.4 Å². The summed E-state index contributed by atoms with van der Waals surface area (Å²) < 4.78 is 14.6. The van der Waals surface area contributed by atoms with Gasteiger partial charge in [0, 0.05) is 17.3 Å². The minimum Gasteiger partial charge on any atom is -0.497 e. The molecule has 0 aliphatic carbocycles. The van der Waals surface area contributed by atoms with Gasteiger partial charge in [-0.25, -0.2) is 14.5 Å². The fourth-order valence-corrected chi connectivity index (χ4v) is 6.21. The van der Waals surface area contributed by atoms with Crippen molar-refractivity contribution in [2.24, 2.45) is 4.99 Å². The number of hydrogen-bond donors (Lipinski definition) is 0. The zero-order chi connectivity index (χ0) is 30.1. The number of rotatable bonds is 7. The first kappa shape index (κ1) is 28.1. The third-order valence-corrected chi connectivity index (χ3v) is 8.31. The van der Waals surface area contributed by atoms with Crippen LogP contribution in [0.5, 0.6) is 5.75 Å². The van der Waals surface area contributed by atoms with Gasteiger partial charge in [0.1, 0.15) is 5.75 Å². The molecule has 6 rings (SSSR count). The maximum absolute atomic E-state index is 14.2. The number of fused-ring (bicyclic) bond motifs is 1. The molecule has 5 aromatic rings. The number of methoxy groups -OCH3 is 1. The molecule has 0 N–H and O–H groups in total. The number of ether oxygens (including phenoxy) is 2. The minimum absolute atomic E-state index is 0.211. The highest BCUT2D eigenvalue weighted by atomic mass is 32.1. The first-order valence-corrected chi connectivity index (χ1v) is 14.8. The largest absolute Gasteiger partial charge is 0.497 e. The smallest absolute Gasteiger partial charge is 0.338 e. The van der Waals surface area contributed by atoms with Crippen LogP contribution < -0.4 is 19.6 Å². The van der Waals surface area contributed by atoms with Gasteiger partial charge in [0.15, 0.2) is 4.80 Å². The molecule has 0 amide bonds. The number of hydrogen-bond acceptors (Lipinski definition) is 7. The van der Waals surface area contributed by atoms with E-state index in [1.807, 2.05) is 103 Å². The van der Waals surface area contributed by atoms with Crippen molar-refractivity contribution in [2.45, 2.75) is 26.8 Å². The van der Waals surface area contributed by atoms with Gasteiger partial charge in [0.05, 0.1) is 46.9 Å². The number of carbonyl (C=O) groups is 1. The van der Waals surface area contributed by atoms with Crippen molar-refractivity contribution in [1.29, 1.82) is 0 Å². The highest BCUT2D eigenvalue weighted by Crippen LogP contribution is 2.32. The van der Waals surface area contributed by atoms with Crippen molar-refractivity contribution in [3.63, 3.8) is 0 Å². The second kappa shape index (κ2) is 11.7. The molecule has 0 bridgehead atoms. The summed E-state index contributed by atoms with van der Waals surface area (Å²) in [4.78, 5) is 32.6. The van der Waals surface area contributed by atoms with Crippen LogP contribution in [0.4, 0.5) is 0 Å². The third-order valence-electron chi connectivity index (χ3n) is 7.32. The third kappa shape index (κ3) is 5.35. The van der Waals surface area contributed by atoms with Gasteiger partial charge < -0.3 is 9.47 Å². The number of aryl methyl sites for hydroxylation is 1. The Kier molecular flexibility index (Phi) is 7.65. The minimum atomic E-state index is -0.702. The van der Waals surface area contributed by atoms with E-state index in [1.165, 1.54) is 11.3 Å². The van der Waals surface area contributed by atoms with Crippen molar-refractivity contribution in [2.75, 3.05) is 13.7 Å². The molecule has 0 unspecified atom stereocenters. The molecule has 1 atom stereocenters. The first-order chi connectivity index (χ1) is 20.9. The summed E-state index contributed by atoms with van der Waals surface area (Å²) in [5, 5.41) is 4.91. The monoisotopic (exact) mass is 590 g/mol. The van der Waals surface area contributed by atoms with Gasteiger partial charge >= 0.3 is 5.97 Å². The molecule has 0 fully saturated rings. The van der Waals surface area contributed by atoms with Gasteiger partial charge in [-0.2, -0.15) is 5.10 Å². The molecule has 0 saturated heterocycles. The molecule has 1 aliphatic rings. The molecular formula is C34H30N4O4S. The van der Waals surface area contributed by atoms with E-state index >= 15 is 0 Å². The lowest BCUT2D eigenvalue weighted by atomic mass is 9.96. The molecule has 43 heavy (non-hydrogen) atoms. The molecule has 216 valence electrons. The lowest BCUT2D eigenvalue weighted by molar-refractivity contribution is -0.139. The van der Waals surface area contributed by atoms with Crippen LogP contribution in [-0.4, -0.2) is 34.0 Å². The van der Waals surface area contributed by atoms with Crippen LogP contribution >= 0.6 is 11.3 Å². The Labute approximate surface area is 252 Å². The fourth-order valence-electron chi connectivity index (χ4n) is 5.18. The van der Waals surface area contributed by atoms with Crippen LogP contribution in [0.15, 0.2) is 106 Å². The van der Waals surface area contributed by atoms with Gasteiger partial charge in [-0.15, -0.1) is 0 Å². The van der Waals surface area contributed by atoms with Gasteiger partial charge in [0.2, 0.25) is 0 Å². The van der Waals surface area contributed by atoms with Crippen LogP contribution in [0.2, 0.25) is 0 Å². The van der Waals surface area contributed by atoms with E-state index in [2.05, 4.69) is 0 Å². The van der Waals surface area contributed by atoms with Crippen molar-refractivity contribution < 1.29 is 14.3 Å². The predicted molar refractivity (Wildman–Crippen MR) is 167 cm³/mol. The summed E-state index contributed by atoms with van der Waals surface area (Å²) in [7, 11) is 1.59. The van der Waals surface area contributed by atoms with Gasteiger partial charge in [-0.3, -0.25) is 9.36 Å². The summed E-state index contributed by atoms with van der Waals surface area (Å²) in [6, 6.07) is 24.7. The summed E-state index contributed by atoms with van der Waals surface area (Å²) in [5.41, 5.74) is 5.90. The first-order valence-electron chi connectivity index (χ1n) is 13.9. The molecule has 3 aromatic carbocycles. The lowest BCUT2D eigenvalue weighted by Gasteiger charge is -2.24. The Morgan fingerprint density at radius 3 is 2.40 bits per heavy atom. The molecular weight excluding hydrogens is 560 g/mol. The van der Waals surface area contributed by atoms with E-state index < -0.39 is 12.0 Å². The number of allylic oxidation sites excluding steroid dienone is 1. The Morgan fingerprint density at radius 2 is 1.72 bits per heavy atom. The highest BCUT2D eigenvalue weighted by molar-refractivity contribution is 7.07. The summed E-state index contributed by atoms with van der Waals surface area (Å²) in [6.07, 6.45) is 3.79. The predicted octanol–water partition coefficient (Wildman–Crippen LogP) is 4.97. The van der Waals surface area contributed by atoms with Crippen LogP contribution in [0.1, 0.15) is 36.6 Å². The van der Waals surface area contributed by atoms with Crippen molar-refractivity contribution >= 4 is 23.4 Å². The van der Waals surface area contributed by atoms with Crippen LogP contribution in [0, 0.1) is 6.92 Å². The number of esters is 1. The van der Waals surface area contributed by atoms with Crippen LogP contribution in [0.25, 0.3) is 23.0 Å². The topological polar surface area (TPSA) is 87.7 Å².